The highest BCUT2D eigenvalue weighted by atomic mass is 35.5. The molecule has 2 aliphatic heterocycles. The van der Waals surface area contributed by atoms with Gasteiger partial charge in [-0.15, -0.1) is 0 Å². The third-order valence-corrected chi connectivity index (χ3v) is 6.48. The number of benzene rings is 3. The lowest BCUT2D eigenvalue weighted by Crippen LogP contribution is -2.58. The van der Waals surface area contributed by atoms with E-state index in [9.17, 15) is 24.0 Å². The molecular weight excluding hydrogens is 519 g/mol. The van der Waals surface area contributed by atoms with E-state index < -0.39 is 35.6 Å². The maximum absolute atomic E-state index is 13.0. The van der Waals surface area contributed by atoms with Crippen LogP contribution in [0.4, 0.5) is 16.2 Å². The van der Waals surface area contributed by atoms with Gasteiger partial charge in [0, 0.05) is 16.3 Å². The average molecular weight is 535 g/mol. The predicted molar refractivity (Wildman–Crippen MR) is 136 cm³/mol. The van der Waals surface area contributed by atoms with E-state index in [1.165, 1.54) is 18.2 Å². The van der Waals surface area contributed by atoms with Gasteiger partial charge >= 0.3 is 6.03 Å². The van der Waals surface area contributed by atoms with Gasteiger partial charge in [0.2, 0.25) is 5.91 Å². The summed E-state index contributed by atoms with van der Waals surface area (Å²) < 4.78 is 0. The molecule has 0 aromatic heterocycles. The number of carbonyl (C=O) groups is 5. The van der Waals surface area contributed by atoms with Crippen molar-refractivity contribution >= 4 is 70.5 Å². The van der Waals surface area contributed by atoms with Gasteiger partial charge in [0.25, 0.3) is 17.7 Å². The molecule has 37 heavy (non-hydrogen) atoms. The summed E-state index contributed by atoms with van der Waals surface area (Å²) in [5.41, 5.74) is 1.61. The SMILES string of the molecule is O=C1NC(=O)N(c2cccc(Cl)c2)C(=O)C1C=Nc1ccc(Cl)c(CN2C(=O)c3ccccc3C2=O)c1. The van der Waals surface area contributed by atoms with Gasteiger partial charge in [0.15, 0.2) is 5.92 Å². The predicted octanol–water partition coefficient (Wildman–Crippen LogP) is 4.39. The van der Waals surface area contributed by atoms with Crippen LogP contribution in [0.2, 0.25) is 10.0 Å². The number of fused-ring (bicyclic) bond motifs is 1. The highest BCUT2D eigenvalue weighted by Gasteiger charge is 2.40. The van der Waals surface area contributed by atoms with Crippen molar-refractivity contribution in [2.75, 3.05) is 4.90 Å². The van der Waals surface area contributed by atoms with E-state index in [0.717, 1.165) is 16.0 Å². The van der Waals surface area contributed by atoms with Crippen LogP contribution in [0.15, 0.2) is 71.7 Å². The first-order valence-corrected chi connectivity index (χ1v) is 11.7. The number of urea groups is 1. The summed E-state index contributed by atoms with van der Waals surface area (Å²) in [5, 5.41) is 2.76. The Morgan fingerprint density at radius 1 is 0.865 bits per heavy atom. The van der Waals surface area contributed by atoms with Gasteiger partial charge in [-0.3, -0.25) is 34.4 Å². The van der Waals surface area contributed by atoms with Crippen LogP contribution in [0.25, 0.3) is 0 Å². The Labute approximate surface area is 220 Å². The number of carbonyl (C=O) groups excluding carboxylic acids is 5. The Bertz CT molecular complexity index is 1500. The monoisotopic (exact) mass is 534 g/mol. The number of aliphatic imine (C=N–C) groups is 1. The summed E-state index contributed by atoms with van der Waals surface area (Å²) in [6.45, 7) is -0.0889. The Morgan fingerprint density at radius 2 is 1.57 bits per heavy atom. The molecule has 1 atom stereocenters. The van der Waals surface area contributed by atoms with Gasteiger partial charge in [-0.1, -0.05) is 41.4 Å². The van der Waals surface area contributed by atoms with Crippen LogP contribution in [0.5, 0.6) is 0 Å². The molecule has 6 amide bonds. The van der Waals surface area contributed by atoms with E-state index in [1.54, 1.807) is 48.5 Å². The smallest absolute Gasteiger partial charge is 0.276 e. The molecule has 2 aliphatic rings. The second-order valence-electron chi connectivity index (χ2n) is 8.22. The largest absolute Gasteiger partial charge is 0.335 e. The first-order chi connectivity index (χ1) is 17.7. The van der Waals surface area contributed by atoms with Crippen molar-refractivity contribution in [3.05, 3.63) is 93.5 Å². The third-order valence-electron chi connectivity index (χ3n) is 5.88. The summed E-state index contributed by atoms with van der Waals surface area (Å²) in [7, 11) is 0. The molecule has 2 heterocycles. The number of nitrogens with one attached hydrogen (secondary N) is 1. The Kier molecular flexibility index (Phi) is 6.32. The molecule has 184 valence electrons. The number of barbiturate groups is 1. The summed E-state index contributed by atoms with van der Waals surface area (Å²) >= 11 is 12.3. The van der Waals surface area contributed by atoms with E-state index in [1.807, 2.05) is 0 Å². The van der Waals surface area contributed by atoms with Crippen LogP contribution >= 0.6 is 23.2 Å². The molecule has 1 N–H and O–H groups in total. The topological polar surface area (TPSA) is 116 Å². The van der Waals surface area contributed by atoms with Gasteiger partial charge in [0.05, 0.1) is 29.0 Å². The molecule has 1 saturated heterocycles. The van der Waals surface area contributed by atoms with E-state index in [-0.39, 0.29) is 12.2 Å². The number of rotatable bonds is 5. The summed E-state index contributed by atoms with van der Waals surface area (Å²) in [4.78, 5) is 69.4. The van der Waals surface area contributed by atoms with Crippen LogP contribution < -0.4 is 10.2 Å². The zero-order valence-electron chi connectivity index (χ0n) is 18.9. The quantitative estimate of drug-likeness (QED) is 0.296. The van der Waals surface area contributed by atoms with Crippen LogP contribution in [-0.2, 0) is 16.1 Å². The highest BCUT2D eigenvalue weighted by Crippen LogP contribution is 2.29. The second-order valence-corrected chi connectivity index (χ2v) is 9.07. The molecule has 5 rings (SSSR count). The molecule has 3 aromatic carbocycles. The Morgan fingerprint density at radius 3 is 2.24 bits per heavy atom. The van der Waals surface area contributed by atoms with Gasteiger partial charge in [-0.2, -0.15) is 0 Å². The van der Waals surface area contributed by atoms with Crippen LogP contribution in [0.1, 0.15) is 26.3 Å². The van der Waals surface area contributed by atoms with Crippen molar-refractivity contribution < 1.29 is 24.0 Å². The van der Waals surface area contributed by atoms with Gasteiger partial charge in [0.1, 0.15) is 0 Å². The van der Waals surface area contributed by atoms with E-state index in [4.69, 9.17) is 23.2 Å². The number of hydrogen-bond donors (Lipinski definition) is 1. The standard InChI is InChI=1S/C26H16Cl2N4O5/c27-15-4-3-5-17(11-15)32-25(36)20(22(33)30-26(32)37)12-29-16-8-9-21(28)14(10-16)13-31-23(34)18-6-1-2-7-19(18)24(31)35/h1-12,20H,13H2,(H,30,33,37). The molecule has 0 aliphatic carbocycles. The van der Waals surface area contributed by atoms with Crippen LogP contribution in [0.3, 0.4) is 0 Å². The molecular formula is C26H16Cl2N4O5. The Hall–Kier alpha value is -4.34. The van der Waals surface area contributed by atoms with E-state index >= 15 is 0 Å². The van der Waals surface area contributed by atoms with E-state index in [0.29, 0.717) is 32.4 Å². The molecule has 0 spiro atoms. The first kappa shape index (κ1) is 24.4. The fourth-order valence-electron chi connectivity index (χ4n) is 4.06. The highest BCUT2D eigenvalue weighted by molar-refractivity contribution is 6.34. The van der Waals surface area contributed by atoms with Crippen molar-refractivity contribution in [2.24, 2.45) is 10.9 Å². The summed E-state index contributed by atoms with van der Waals surface area (Å²) in [6.07, 6.45) is 1.12. The maximum Gasteiger partial charge on any atom is 0.335 e. The number of anilines is 1. The lowest BCUT2D eigenvalue weighted by Gasteiger charge is -2.28. The number of nitrogens with zero attached hydrogens (tertiary/aromatic N) is 3. The molecule has 11 heteroatoms. The summed E-state index contributed by atoms with van der Waals surface area (Å²) in [6, 6.07) is 16.4. The molecule has 0 bridgehead atoms. The van der Waals surface area contributed by atoms with Crippen LogP contribution in [-0.4, -0.2) is 40.8 Å². The molecule has 0 saturated carbocycles. The minimum Gasteiger partial charge on any atom is -0.276 e. The lowest BCUT2D eigenvalue weighted by atomic mass is 10.1. The van der Waals surface area contributed by atoms with Crippen molar-refractivity contribution in [3.63, 3.8) is 0 Å². The van der Waals surface area contributed by atoms with Gasteiger partial charge < -0.3 is 0 Å². The minimum atomic E-state index is -1.38. The minimum absolute atomic E-state index is 0.0889. The number of imide groups is 3. The molecule has 1 fully saturated rings. The number of hydrogen-bond acceptors (Lipinski definition) is 6. The van der Waals surface area contributed by atoms with Crippen molar-refractivity contribution in [1.82, 2.24) is 10.2 Å². The fraction of sp³-hybridized carbons (Fsp3) is 0.0769. The lowest BCUT2D eigenvalue weighted by molar-refractivity contribution is -0.131. The van der Waals surface area contributed by atoms with Crippen molar-refractivity contribution in [2.45, 2.75) is 6.54 Å². The van der Waals surface area contributed by atoms with Gasteiger partial charge in [-0.05, 0) is 54.1 Å². The number of amides is 6. The van der Waals surface area contributed by atoms with Gasteiger partial charge in [-0.25, -0.2) is 9.69 Å². The first-order valence-electron chi connectivity index (χ1n) is 11.0. The molecule has 3 aromatic rings. The third kappa shape index (κ3) is 4.50. The zero-order valence-corrected chi connectivity index (χ0v) is 20.4. The van der Waals surface area contributed by atoms with Crippen molar-refractivity contribution in [1.29, 1.82) is 0 Å². The zero-order chi connectivity index (χ0) is 26.3. The number of halogens is 2. The van der Waals surface area contributed by atoms with Crippen LogP contribution in [0, 0.1) is 5.92 Å². The van der Waals surface area contributed by atoms with Crippen molar-refractivity contribution in [3.8, 4) is 0 Å². The average Bonchev–Trinajstić information content (AvgIpc) is 3.10. The molecule has 0 radical (unpaired) electrons. The summed E-state index contributed by atoms with van der Waals surface area (Å²) in [5.74, 6) is -3.86. The van der Waals surface area contributed by atoms with E-state index in [2.05, 4.69) is 10.3 Å². The molecule has 9 nitrogen and oxygen atoms in total. The second kappa shape index (κ2) is 9.61. The normalized spacial score (nSPS) is 17.6. The molecule has 1 unspecified atom stereocenters. The fourth-order valence-corrected chi connectivity index (χ4v) is 4.42. The maximum atomic E-state index is 13.0. The Balaban J connectivity index is 1.38.